The molecular weight excluding hydrogens is 312 g/mol. The van der Waals surface area contributed by atoms with Crippen molar-refractivity contribution in [1.29, 1.82) is 5.26 Å². The molecule has 0 spiro atoms. The van der Waals surface area contributed by atoms with Gasteiger partial charge in [-0.1, -0.05) is 15.9 Å². The predicted molar refractivity (Wildman–Crippen MR) is 76.6 cm³/mol. The zero-order valence-corrected chi connectivity index (χ0v) is 12.4. The Morgan fingerprint density at radius 3 is 2.94 bits per heavy atom. The van der Waals surface area contributed by atoms with Gasteiger partial charge in [0.1, 0.15) is 5.54 Å². The van der Waals surface area contributed by atoms with E-state index in [2.05, 4.69) is 27.3 Å². The second-order valence-corrected chi connectivity index (χ2v) is 6.37. The number of carbonyl (C=O) groups is 1. The van der Waals surface area contributed by atoms with E-state index in [9.17, 15) is 10.1 Å². The SMILES string of the molecule is Cc1cc(C(=O)NC2(C#N)CCSC2)ccc1Br. The molecule has 1 heterocycles. The molecule has 1 unspecified atom stereocenters. The average Bonchev–Trinajstić information content (AvgIpc) is 2.82. The van der Waals surface area contributed by atoms with Crippen LogP contribution in [0.3, 0.4) is 0 Å². The fourth-order valence-corrected chi connectivity index (χ4v) is 3.37. The van der Waals surface area contributed by atoms with Crippen LogP contribution in [0.5, 0.6) is 0 Å². The summed E-state index contributed by atoms with van der Waals surface area (Å²) in [5, 5.41) is 12.1. The summed E-state index contributed by atoms with van der Waals surface area (Å²) in [6.07, 6.45) is 0.718. The molecule has 1 N–H and O–H groups in total. The largest absolute Gasteiger partial charge is 0.333 e. The van der Waals surface area contributed by atoms with Gasteiger partial charge < -0.3 is 5.32 Å². The number of aryl methyl sites for hydroxylation is 1. The van der Waals surface area contributed by atoms with Crippen LogP contribution < -0.4 is 5.32 Å². The van der Waals surface area contributed by atoms with E-state index in [0.29, 0.717) is 11.3 Å². The summed E-state index contributed by atoms with van der Waals surface area (Å²) in [4.78, 5) is 12.1. The highest BCUT2D eigenvalue weighted by Gasteiger charge is 2.36. The molecule has 1 amide bonds. The Morgan fingerprint density at radius 1 is 1.61 bits per heavy atom. The summed E-state index contributed by atoms with van der Waals surface area (Å²) in [5.41, 5.74) is 0.916. The van der Waals surface area contributed by atoms with Gasteiger partial charge in [0.15, 0.2) is 0 Å². The van der Waals surface area contributed by atoms with Crippen LogP contribution in [-0.4, -0.2) is 23.0 Å². The Morgan fingerprint density at radius 2 is 2.39 bits per heavy atom. The van der Waals surface area contributed by atoms with Gasteiger partial charge in [0.05, 0.1) is 6.07 Å². The first-order valence-electron chi connectivity index (χ1n) is 5.64. The molecular formula is C13H13BrN2OS. The number of thioether (sulfide) groups is 1. The van der Waals surface area contributed by atoms with Crippen molar-refractivity contribution >= 4 is 33.6 Å². The van der Waals surface area contributed by atoms with Crippen LogP contribution in [0.2, 0.25) is 0 Å². The smallest absolute Gasteiger partial charge is 0.252 e. The van der Waals surface area contributed by atoms with E-state index in [0.717, 1.165) is 22.2 Å². The number of nitrogens with zero attached hydrogens (tertiary/aromatic N) is 1. The maximum atomic E-state index is 12.1. The Bertz CT molecular complexity index is 518. The molecule has 0 radical (unpaired) electrons. The molecule has 0 aliphatic carbocycles. The van der Waals surface area contributed by atoms with Gasteiger partial charge in [-0.25, -0.2) is 0 Å². The van der Waals surface area contributed by atoms with Crippen LogP contribution in [0.25, 0.3) is 0 Å². The number of hydrogen-bond donors (Lipinski definition) is 1. The minimum Gasteiger partial charge on any atom is -0.333 e. The second kappa shape index (κ2) is 5.33. The van der Waals surface area contributed by atoms with Gasteiger partial charge in [-0.3, -0.25) is 4.79 Å². The van der Waals surface area contributed by atoms with Crippen LogP contribution >= 0.6 is 27.7 Å². The lowest BCUT2D eigenvalue weighted by atomic mass is 10.00. The molecule has 2 rings (SSSR count). The summed E-state index contributed by atoms with van der Waals surface area (Å²) in [5.74, 6) is 1.42. The molecule has 1 aromatic rings. The lowest BCUT2D eigenvalue weighted by Crippen LogP contribution is -2.47. The molecule has 0 saturated carbocycles. The summed E-state index contributed by atoms with van der Waals surface area (Å²) in [6, 6.07) is 7.69. The average molecular weight is 325 g/mol. The minimum atomic E-state index is -0.692. The molecule has 0 bridgehead atoms. The number of amides is 1. The Balaban J connectivity index is 2.17. The quantitative estimate of drug-likeness (QED) is 0.910. The summed E-state index contributed by atoms with van der Waals surface area (Å²) >= 11 is 5.11. The van der Waals surface area contributed by atoms with Crippen LogP contribution in [0, 0.1) is 18.3 Å². The van der Waals surface area contributed by atoms with Gasteiger partial charge in [0, 0.05) is 15.8 Å². The third-order valence-corrected chi connectivity index (χ3v) is 5.09. The molecule has 0 aromatic heterocycles. The van der Waals surface area contributed by atoms with E-state index in [-0.39, 0.29) is 5.91 Å². The highest BCUT2D eigenvalue weighted by Crippen LogP contribution is 2.28. The van der Waals surface area contributed by atoms with Gasteiger partial charge in [0.2, 0.25) is 0 Å². The van der Waals surface area contributed by atoms with E-state index >= 15 is 0 Å². The molecule has 3 nitrogen and oxygen atoms in total. The number of benzene rings is 1. The van der Waals surface area contributed by atoms with Crippen molar-refractivity contribution in [2.75, 3.05) is 11.5 Å². The lowest BCUT2D eigenvalue weighted by molar-refractivity contribution is 0.0926. The topological polar surface area (TPSA) is 52.9 Å². The van der Waals surface area contributed by atoms with Crippen LogP contribution in [0.1, 0.15) is 22.3 Å². The number of carbonyl (C=O) groups excluding carboxylic acids is 1. The van der Waals surface area contributed by atoms with Crippen molar-refractivity contribution in [3.8, 4) is 6.07 Å². The Kier molecular flexibility index (Phi) is 3.98. The number of hydrogen-bond acceptors (Lipinski definition) is 3. The Hall–Kier alpha value is -0.990. The fraction of sp³-hybridized carbons (Fsp3) is 0.385. The second-order valence-electron chi connectivity index (χ2n) is 4.41. The zero-order chi connectivity index (χ0) is 13.2. The van der Waals surface area contributed by atoms with Gasteiger partial charge in [-0.05, 0) is 42.9 Å². The summed E-state index contributed by atoms with van der Waals surface area (Å²) < 4.78 is 0.977. The molecule has 1 aromatic carbocycles. The van der Waals surface area contributed by atoms with Crippen molar-refractivity contribution in [2.45, 2.75) is 18.9 Å². The number of rotatable bonds is 2. The van der Waals surface area contributed by atoms with Gasteiger partial charge in [-0.2, -0.15) is 17.0 Å². The van der Waals surface area contributed by atoms with Crippen LogP contribution in [0.15, 0.2) is 22.7 Å². The minimum absolute atomic E-state index is 0.172. The summed E-state index contributed by atoms with van der Waals surface area (Å²) in [7, 11) is 0. The van der Waals surface area contributed by atoms with E-state index in [1.54, 1.807) is 17.8 Å². The van der Waals surface area contributed by atoms with E-state index < -0.39 is 5.54 Å². The lowest BCUT2D eigenvalue weighted by Gasteiger charge is -2.21. The maximum Gasteiger partial charge on any atom is 0.252 e. The van der Waals surface area contributed by atoms with Crippen molar-refractivity contribution in [3.05, 3.63) is 33.8 Å². The van der Waals surface area contributed by atoms with Gasteiger partial charge in [0.25, 0.3) is 5.91 Å². The number of nitriles is 1. The molecule has 1 fully saturated rings. The van der Waals surface area contributed by atoms with Crippen molar-refractivity contribution in [1.82, 2.24) is 5.32 Å². The van der Waals surface area contributed by atoms with Crippen LogP contribution in [-0.2, 0) is 0 Å². The highest BCUT2D eigenvalue weighted by molar-refractivity contribution is 9.10. The molecule has 1 aliphatic rings. The van der Waals surface area contributed by atoms with Gasteiger partial charge in [-0.15, -0.1) is 0 Å². The predicted octanol–water partition coefficient (Wildman–Crippen LogP) is 2.89. The molecule has 18 heavy (non-hydrogen) atoms. The van der Waals surface area contributed by atoms with Gasteiger partial charge >= 0.3 is 0 Å². The standard InChI is InChI=1S/C13H13BrN2OS/c1-9-6-10(2-3-11(9)14)12(17)16-13(7-15)4-5-18-8-13/h2-3,6H,4-5,8H2,1H3,(H,16,17). The van der Waals surface area contributed by atoms with Crippen molar-refractivity contribution < 1.29 is 4.79 Å². The monoisotopic (exact) mass is 324 g/mol. The molecule has 5 heteroatoms. The van der Waals surface area contributed by atoms with Crippen molar-refractivity contribution in [2.24, 2.45) is 0 Å². The third-order valence-electron chi connectivity index (χ3n) is 3.01. The Labute approximate surface area is 119 Å². The molecule has 1 saturated heterocycles. The number of halogens is 1. The zero-order valence-electron chi connectivity index (χ0n) is 10.00. The van der Waals surface area contributed by atoms with E-state index in [4.69, 9.17) is 0 Å². The molecule has 94 valence electrons. The number of nitrogens with one attached hydrogen (secondary N) is 1. The first-order valence-corrected chi connectivity index (χ1v) is 7.59. The highest BCUT2D eigenvalue weighted by atomic mass is 79.9. The third kappa shape index (κ3) is 2.70. The normalized spacial score (nSPS) is 22.5. The fourth-order valence-electron chi connectivity index (χ4n) is 1.86. The maximum absolute atomic E-state index is 12.1. The first-order chi connectivity index (χ1) is 8.56. The first kappa shape index (κ1) is 13.4. The van der Waals surface area contributed by atoms with E-state index in [1.807, 2.05) is 19.1 Å². The van der Waals surface area contributed by atoms with Crippen LogP contribution in [0.4, 0.5) is 0 Å². The summed E-state index contributed by atoms with van der Waals surface area (Å²) in [6.45, 7) is 1.94. The molecule has 1 atom stereocenters. The molecule has 1 aliphatic heterocycles. The van der Waals surface area contributed by atoms with E-state index in [1.165, 1.54) is 0 Å². The van der Waals surface area contributed by atoms with Crippen molar-refractivity contribution in [3.63, 3.8) is 0 Å².